The third kappa shape index (κ3) is 5.14. The smallest absolute Gasteiger partial charge is 0.303 e. The summed E-state index contributed by atoms with van der Waals surface area (Å²) in [5.41, 5.74) is 1.74. The van der Waals surface area contributed by atoms with E-state index in [2.05, 4.69) is 10.3 Å². The Labute approximate surface area is 256 Å². The van der Waals surface area contributed by atoms with Crippen molar-refractivity contribution in [2.45, 2.75) is 96.1 Å². The Hall–Kier alpha value is -3.86. The van der Waals surface area contributed by atoms with Gasteiger partial charge in [0.05, 0.1) is 45.9 Å². The SMILES string of the molecule is CC1=C(CCC(=O)O)C2(CCC(=O)O)N=C1/C=c1/cc/c([nH]1)=C/C1=NC(=C\C3(C)NC(C(C)O)(C(C)=C3C(C)O)C2C)/C=C1. The minimum absolute atomic E-state index is 0.0958. The van der Waals surface area contributed by atoms with Gasteiger partial charge in [0.15, 0.2) is 0 Å². The molecular weight excluding hydrogens is 560 g/mol. The minimum Gasteiger partial charge on any atom is -0.481 e. The van der Waals surface area contributed by atoms with Crippen molar-refractivity contribution >= 4 is 35.5 Å². The fourth-order valence-corrected chi connectivity index (χ4v) is 8.11. The summed E-state index contributed by atoms with van der Waals surface area (Å²) < 4.78 is 0. The normalized spacial score (nSPS) is 33.5. The molecule has 5 heterocycles. The van der Waals surface area contributed by atoms with Gasteiger partial charge in [-0.05, 0) is 112 Å². The van der Waals surface area contributed by atoms with Gasteiger partial charge in [-0.1, -0.05) is 6.92 Å². The fourth-order valence-electron chi connectivity index (χ4n) is 8.11. The third-order valence-electron chi connectivity index (χ3n) is 9.96. The predicted molar refractivity (Wildman–Crippen MR) is 170 cm³/mol. The number of carbonyl (C=O) groups is 2. The summed E-state index contributed by atoms with van der Waals surface area (Å²) in [6.07, 6.45) is 7.62. The van der Waals surface area contributed by atoms with Crippen molar-refractivity contribution in [3.63, 3.8) is 0 Å². The van der Waals surface area contributed by atoms with Gasteiger partial charge in [-0.25, -0.2) is 4.99 Å². The van der Waals surface area contributed by atoms with E-state index in [4.69, 9.17) is 9.98 Å². The number of fused-ring (bicyclic) bond motifs is 6. The summed E-state index contributed by atoms with van der Waals surface area (Å²) in [6, 6.07) is 3.87. The molecule has 10 nitrogen and oxygen atoms in total. The van der Waals surface area contributed by atoms with Gasteiger partial charge >= 0.3 is 11.9 Å². The number of carboxylic acids is 2. The van der Waals surface area contributed by atoms with Crippen LogP contribution >= 0.6 is 0 Å². The molecule has 0 radical (unpaired) electrons. The molecule has 4 aliphatic heterocycles. The van der Waals surface area contributed by atoms with Crippen LogP contribution in [-0.2, 0) is 9.59 Å². The Balaban J connectivity index is 1.88. The lowest BCUT2D eigenvalue weighted by Crippen LogP contribution is -2.65. The van der Waals surface area contributed by atoms with Gasteiger partial charge in [0.2, 0.25) is 0 Å². The second kappa shape index (κ2) is 11.3. The number of aliphatic hydroxyl groups excluding tert-OH is 2. The first-order valence-electron chi connectivity index (χ1n) is 15.1. The Morgan fingerprint density at radius 1 is 1.02 bits per heavy atom. The van der Waals surface area contributed by atoms with Crippen molar-refractivity contribution in [1.29, 1.82) is 0 Å². The van der Waals surface area contributed by atoms with Crippen LogP contribution in [0, 0.1) is 5.92 Å². The Kier molecular flexibility index (Phi) is 8.07. The van der Waals surface area contributed by atoms with E-state index in [9.17, 15) is 30.0 Å². The summed E-state index contributed by atoms with van der Waals surface area (Å²) in [5.74, 6) is -2.54. The van der Waals surface area contributed by atoms with Gasteiger partial charge in [-0.2, -0.15) is 0 Å². The van der Waals surface area contributed by atoms with E-state index in [-0.39, 0.29) is 25.7 Å². The first-order chi connectivity index (χ1) is 20.6. The van der Waals surface area contributed by atoms with Crippen molar-refractivity contribution in [2.75, 3.05) is 0 Å². The number of aliphatic imine (C=N–C) groups is 2. The Bertz CT molecular complexity index is 1720. The highest BCUT2D eigenvalue weighted by Crippen LogP contribution is 2.54. The van der Waals surface area contributed by atoms with Crippen molar-refractivity contribution < 1.29 is 30.0 Å². The van der Waals surface area contributed by atoms with Gasteiger partial charge in [-0.15, -0.1) is 0 Å². The number of aliphatic hydroxyl groups is 2. The second-order valence-corrected chi connectivity index (χ2v) is 12.7. The number of rotatable bonds is 8. The van der Waals surface area contributed by atoms with E-state index in [1.54, 1.807) is 13.8 Å². The third-order valence-corrected chi connectivity index (χ3v) is 9.96. The highest BCUT2D eigenvalue weighted by atomic mass is 16.4. The van der Waals surface area contributed by atoms with E-state index < -0.39 is 46.7 Å². The van der Waals surface area contributed by atoms with E-state index in [0.717, 1.165) is 33.1 Å². The zero-order chi connectivity index (χ0) is 32.2. The minimum atomic E-state index is -1.18. The van der Waals surface area contributed by atoms with Crippen molar-refractivity contribution in [2.24, 2.45) is 15.9 Å². The number of H-pyrrole nitrogens is 1. The standard InChI is InChI=1S/C34H42N4O6/c1-18-27(11-12-29(41)42)33(14-13-30(43)44)21(4)34(22(5)40)19(2)31(20(3)39)32(6,38-34)17-26-10-9-24(36-26)15-23-7-8-25(35-23)16-28(18)37-33/h7-10,15-17,20-22,35,38-40H,11-14H2,1-6H3,(H,41,42)(H,43,44)/b23-15-,25-16-,26-17-. The lowest BCUT2D eigenvalue weighted by Gasteiger charge is -2.50. The number of allylic oxidation sites excluding steroid dienone is 3. The van der Waals surface area contributed by atoms with E-state index in [0.29, 0.717) is 17.0 Å². The number of aromatic amines is 1. The van der Waals surface area contributed by atoms with Crippen molar-refractivity contribution in [3.8, 4) is 0 Å². The maximum absolute atomic E-state index is 12.1. The number of aliphatic carboxylic acids is 2. The van der Waals surface area contributed by atoms with Crippen LogP contribution in [0.1, 0.15) is 67.2 Å². The fraction of sp³-hybridized carbons (Fsp3) is 0.471. The molecule has 0 saturated carbocycles. The van der Waals surface area contributed by atoms with Crippen LogP contribution in [0.4, 0.5) is 0 Å². The quantitative estimate of drug-likeness (QED) is 0.249. The van der Waals surface area contributed by atoms with Crippen LogP contribution in [0.25, 0.3) is 12.2 Å². The lowest BCUT2D eigenvalue weighted by atomic mass is 9.62. The number of nitrogens with zero attached hydrogens (tertiary/aromatic N) is 2. The maximum Gasteiger partial charge on any atom is 0.303 e. The predicted octanol–water partition coefficient (Wildman–Crippen LogP) is 2.54. The van der Waals surface area contributed by atoms with Gasteiger partial charge in [0.1, 0.15) is 0 Å². The van der Waals surface area contributed by atoms with Crippen LogP contribution in [0.15, 0.2) is 68.3 Å². The second-order valence-electron chi connectivity index (χ2n) is 12.7. The van der Waals surface area contributed by atoms with E-state index >= 15 is 0 Å². The van der Waals surface area contributed by atoms with E-state index in [1.165, 1.54) is 0 Å². The topological polar surface area (TPSA) is 168 Å². The molecule has 4 aliphatic rings. The monoisotopic (exact) mass is 602 g/mol. The van der Waals surface area contributed by atoms with E-state index in [1.807, 2.05) is 70.2 Å². The molecule has 6 unspecified atom stereocenters. The number of hydrogen-bond acceptors (Lipinski definition) is 7. The molecule has 5 rings (SSSR count). The summed E-state index contributed by atoms with van der Waals surface area (Å²) in [5, 5.41) is 47.9. The number of nitrogens with one attached hydrogen (secondary N) is 2. The van der Waals surface area contributed by atoms with Gasteiger partial charge in [0, 0.05) is 29.5 Å². The number of carboxylic acid groups (broad SMARTS) is 2. The molecule has 10 heteroatoms. The van der Waals surface area contributed by atoms with Gasteiger partial charge in [-0.3, -0.25) is 19.9 Å². The average Bonchev–Trinajstić information content (AvgIpc) is 3.67. The molecule has 0 spiro atoms. The molecule has 1 aromatic rings. The summed E-state index contributed by atoms with van der Waals surface area (Å²) in [4.78, 5) is 37.4. The molecule has 0 amide bonds. The zero-order valence-corrected chi connectivity index (χ0v) is 26.1. The van der Waals surface area contributed by atoms with Crippen LogP contribution in [0.3, 0.4) is 0 Å². The molecule has 0 aliphatic carbocycles. The molecule has 8 bridgehead atoms. The van der Waals surface area contributed by atoms with Gasteiger partial charge in [0.25, 0.3) is 0 Å². The van der Waals surface area contributed by atoms with Crippen LogP contribution in [-0.4, -0.2) is 77.6 Å². The summed E-state index contributed by atoms with van der Waals surface area (Å²) in [7, 11) is 0. The molecule has 6 N–H and O–H groups in total. The summed E-state index contributed by atoms with van der Waals surface area (Å²) in [6.45, 7) is 11.1. The molecule has 0 saturated heterocycles. The first-order valence-corrected chi connectivity index (χ1v) is 15.1. The van der Waals surface area contributed by atoms with Crippen LogP contribution < -0.4 is 16.0 Å². The first kappa shape index (κ1) is 31.6. The number of aromatic nitrogens is 1. The molecule has 6 atom stereocenters. The maximum atomic E-state index is 12.1. The molecule has 0 aromatic carbocycles. The van der Waals surface area contributed by atoms with Crippen molar-refractivity contribution in [3.05, 3.63) is 69.0 Å². The molecule has 44 heavy (non-hydrogen) atoms. The Morgan fingerprint density at radius 2 is 1.68 bits per heavy atom. The highest BCUT2D eigenvalue weighted by molar-refractivity contribution is 6.22. The van der Waals surface area contributed by atoms with Crippen molar-refractivity contribution in [1.82, 2.24) is 10.3 Å². The average molecular weight is 603 g/mol. The molecular formula is C34H42N4O6. The van der Waals surface area contributed by atoms with Gasteiger partial charge < -0.3 is 25.4 Å². The molecule has 234 valence electrons. The molecule has 1 aromatic heterocycles. The highest BCUT2D eigenvalue weighted by Gasteiger charge is 2.61. The Morgan fingerprint density at radius 3 is 2.30 bits per heavy atom. The molecule has 0 fully saturated rings. The zero-order valence-electron chi connectivity index (χ0n) is 26.1. The van der Waals surface area contributed by atoms with Crippen LogP contribution in [0.5, 0.6) is 0 Å². The van der Waals surface area contributed by atoms with Crippen LogP contribution in [0.2, 0.25) is 0 Å². The summed E-state index contributed by atoms with van der Waals surface area (Å²) >= 11 is 0. The lowest BCUT2D eigenvalue weighted by molar-refractivity contribution is -0.138. The number of hydrogen-bond donors (Lipinski definition) is 6. The largest absolute Gasteiger partial charge is 0.481 e.